The minimum Gasteiger partial charge on any atom is -0.296 e. The van der Waals surface area contributed by atoms with Crippen LogP contribution in [-0.4, -0.2) is 20.4 Å². The number of nitrogens with one attached hydrogen (secondary N) is 1. The quantitative estimate of drug-likeness (QED) is 0.770. The van der Waals surface area contributed by atoms with Crippen molar-refractivity contribution in [2.45, 2.75) is 63.8 Å². The molecule has 0 saturated heterocycles. The van der Waals surface area contributed by atoms with Crippen LogP contribution in [0.2, 0.25) is 5.15 Å². The van der Waals surface area contributed by atoms with E-state index in [9.17, 15) is 4.79 Å². The lowest BCUT2D eigenvalue weighted by molar-refractivity contribution is -0.116. The number of carbonyl (C=O) groups is 1. The van der Waals surface area contributed by atoms with Gasteiger partial charge in [0.25, 0.3) is 0 Å². The number of anilines is 1. The van der Waals surface area contributed by atoms with E-state index >= 15 is 0 Å². The first-order chi connectivity index (χ1) is 11.7. The molecule has 2 saturated carbocycles. The maximum Gasteiger partial charge on any atom is 0.226 e. The predicted octanol–water partition coefficient (Wildman–Crippen LogP) is 4.72. The van der Waals surface area contributed by atoms with E-state index in [0.29, 0.717) is 23.6 Å². The molecule has 0 radical (unpaired) electrons. The van der Waals surface area contributed by atoms with Gasteiger partial charge >= 0.3 is 0 Å². The summed E-state index contributed by atoms with van der Waals surface area (Å²) in [5.41, 5.74) is 1.56. The minimum absolute atomic E-state index is 0.0521. The fourth-order valence-electron chi connectivity index (χ4n) is 3.55. The SMILES string of the molecule is O=C(CCCC1CCC1)Nc1nc2ccc(Cl)nc2n1C1CCC1. The smallest absolute Gasteiger partial charge is 0.226 e. The normalized spacial score (nSPS) is 18.4. The molecule has 2 fully saturated rings. The van der Waals surface area contributed by atoms with Crippen molar-refractivity contribution < 1.29 is 4.79 Å². The van der Waals surface area contributed by atoms with Gasteiger partial charge in [-0.3, -0.25) is 14.7 Å². The number of halogens is 1. The van der Waals surface area contributed by atoms with Crippen molar-refractivity contribution in [2.75, 3.05) is 5.32 Å². The van der Waals surface area contributed by atoms with E-state index in [4.69, 9.17) is 11.6 Å². The van der Waals surface area contributed by atoms with Crippen molar-refractivity contribution in [3.05, 3.63) is 17.3 Å². The summed E-state index contributed by atoms with van der Waals surface area (Å²) >= 11 is 6.05. The molecule has 1 N–H and O–H groups in total. The summed E-state index contributed by atoms with van der Waals surface area (Å²) in [6.07, 6.45) is 10.1. The third-order valence-corrected chi connectivity index (χ3v) is 5.65. The molecular formula is C18H23ClN4O. The summed E-state index contributed by atoms with van der Waals surface area (Å²) in [7, 11) is 0. The van der Waals surface area contributed by atoms with Gasteiger partial charge in [0, 0.05) is 12.5 Å². The molecule has 2 aromatic heterocycles. The average Bonchev–Trinajstić information content (AvgIpc) is 2.78. The maximum atomic E-state index is 12.3. The lowest BCUT2D eigenvalue weighted by Gasteiger charge is -2.28. The van der Waals surface area contributed by atoms with Crippen molar-refractivity contribution in [3.8, 4) is 0 Å². The average molecular weight is 347 g/mol. The molecule has 0 unspecified atom stereocenters. The van der Waals surface area contributed by atoms with Crippen molar-refractivity contribution in [1.82, 2.24) is 14.5 Å². The van der Waals surface area contributed by atoms with E-state index in [2.05, 4.69) is 19.9 Å². The zero-order valence-corrected chi connectivity index (χ0v) is 14.6. The van der Waals surface area contributed by atoms with Crippen molar-refractivity contribution in [2.24, 2.45) is 5.92 Å². The van der Waals surface area contributed by atoms with Crippen LogP contribution in [0.4, 0.5) is 5.95 Å². The molecule has 2 aliphatic rings. The Morgan fingerprint density at radius 1 is 1.21 bits per heavy atom. The Hall–Kier alpha value is -1.62. The number of imidazole rings is 1. The number of carbonyl (C=O) groups excluding carboxylic acids is 1. The van der Waals surface area contributed by atoms with Gasteiger partial charge in [-0.25, -0.2) is 9.97 Å². The van der Waals surface area contributed by atoms with Gasteiger partial charge in [0.15, 0.2) is 5.65 Å². The van der Waals surface area contributed by atoms with Crippen LogP contribution in [0, 0.1) is 5.92 Å². The molecule has 1 amide bonds. The second-order valence-electron chi connectivity index (χ2n) is 7.10. The Morgan fingerprint density at radius 2 is 2.00 bits per heavy atom. The maximum absolute atomic E-state index is 12.3. The zero-order valence-electron chi connectivity index (χ0n) is 13.8. The van der Waals surface area contributed by atoms with E-state index in [1.165, 1.54) is 32.1 Å². The van der Waals surface area contributed by atoms with Crippen LogP contribution in [0.1, 0.15) is 63.8 Å². The Bertz CT molecular complexity index is 749. The summed E-state index contributed by atoms with van der Waals surface area (Å²) in [6, 6.07) is 3.98. The molecule has 0 spiro atoms. The number of amides is 1. The van der Waals surface area contributed by atoms with Crippen LogP contribution in [-0.2, 0) is 4.79 Å². The zero-order chi connectivity index (χ0) is 16.5. The van der Waals surface area contributed by atoms with Crippen LogP contribution < -0.4 is 5.32 Å². The van der Waals surface area contributed by atoms with Gasteiger partial charge < -0.3 is 0 Å². The number of hydrogen-bond donors (Lipinski definition) is 1. The third-order valence-electron chi connectivity index (χ3n) is 5.44. The molecule has 6 heteroatoms. The largest absolute Gasteiger partial charge is 0.296 e. The molecule has 2 aromatic rings. The molecule has 0 aliphatic heterocycles. The summed E-state index contributed by atoms with van der Waals surface area (Å²) in [6.45, 7) is 0. The molecule has 0 atom stereocenters. The Kier molecular flexibility index (Phi) is 4.44. The summed E-state index contributed by atoms with van der Waals surface area (Å²) in [5, 5.41) is 3.47. The van der Waals surface area contributed by atoms with Gasteiger partial charge in [-0.05, 0) is 50.2 Å². The lowest BCUT2D eigenvalue weighted by Crippen LogP contribution is -2.22. The topological polar surface area (TPSA) is 59.8 Å². The van der Waals surface area contributed by atoms with E-state index in [-0.39, 0.29) is 5.91 Å². The standard InChI is InChI=1S/C18H23ClN4O/c19-15-11-10-14-17(21-15)23(13-7-3-8-13)18(20-14)22-16(24)9-2-6-12-4-1-5-12/h10-13H,1-9H2,(H,20,22,24). The highest BCUT2D eigenvalue weighted by atomic mass is 35.5. The van der Waals surface area contributed by atoms with Gasteiger partial charge in [-0.15, -0.1) is 0 Å². The molecule has 2 aliphatic carbocycles. The fraction of sp³-hybridized carbons (Fsp3) is 0.611. The monoisotopic (exact) mass is 346 g/mol. The highest BCUT2D eigenvalue weighted by Crippen LogP contribution is 2.37. The van der Waals surface area contributed by atoms with Crippen molar-refractivity contribution in [3.63, 3.8) is 0 Å². The Morgan fingerprint density at radius 3 is 2.67 bits per heavy atom. The number of fused-ring (bicyclic) bond motifs is 1. The van der Waals surface area contributed by atoms with Crippen molar-refractivity contribution in [1.29, 1.82) is 0 Å². The Labute approximate surface area is 146 Å². The minimum atomic E-state index is 0.0521. The number of pyridine rings is 1. The van der Waals surface area contributed by atoms with E-state index < -0.39 is 0 Å². The van der Waals surface area contributed by atoms with Crippen LogP contribution >= 0.6 is 11.6 Å². The molecular weight excluding hydrogens is 324 g/mol. The third kappa shape index (κ3) is 3.14. The number of nitrogens with zero attached hydrogens (tertiary/aromatic N) is 3. The van der Waals surface area contributed by atoms with E-state index in [1.807, 2.05) is 6.07 Å². The molecule has 128 valence electrons. The van der Waals surface area contributed by atoms with Crippen LogP contribution in [0.15, 0.2) is 12.1 Å². The molecule has 4 rings (SSSR count). The second kappa shape index (κ2) is 6.71. The van der Waals surface area contributed by atoms with Crippen LogP contribution in [0.5, 0.6) is 0 Å². The van der Waals surface area contributed by atoms with Gasteiger partial charge in [-0.2, -0.15) is 0 Å². The number of rotatable bonds is 6. The van der Waals surface area contributed by atoms with Crippen LogP contribution in [0.3, 0.4) is 0 Å². The molecule has 0 aromatic carbocycles. The Balaban J connectivity index is 1.48. The van der Waals surface area contributed by atoms with E-state index in [0.717, 1.165) is 36.3 Å². The molecule has 5 nitrogen and oxygen atoms in total. The van der Waals surface area contributed by atoms with E-state index in [1.54, 1.807) is 6.07 Å². The molecule has 0 bridgehead atoms. The molecule has 2 heterocycles. The van der Waals surface area contributed by atoms with Gasteiger partial charge in [0.2, 0.25) is 11.9 Å². The number of hydrogen-bond acceptors (Lipinski definition) is 3. The highest BCUT2D eigenvalue weighted by molar-refractivity contribution is 6.29. The number of aromatic nitrogens is 3. The lowest BCUT2D eigenvalue weighted by atomic mass is 9.82. The van der Waals surface area contributed by atoms with Gasteiger partial charge in [-0.1, -0.05) is 30.9 Å². The van der Waals surface area contributed by atoms with Gasteiger partial charge in [0.05, 0.1) is 0 Å². The first kappa shape index (κ1) is 15.9. The predicted molar refractivity (Wildman–Crippen MR) is 95.2 cm³/mol. The fourth-order valence-corrected chi connectivity index (χ4v) is 3.69. The van der Waals surface area contributed by atoms with Crippen molar-refractivity contribution >= 4 is 34.6 Å². The summed E-state index contributed by atoms with van der Waals surface area (Å²) < 4.78 is 2.06. The summed E-state index contributed by atoms with van der Waals surface area (Å²) in [5.74, 6) is 1.53. The van der Waals surface area contributed by atoms with Crippen LogP contribution in [0.25, 0.3) is 11.2 Å². The summed E-state index contributed by atoms with van der Waals surface area (Å²) in [4.78, 5) is 21.3. The first-order valence-electron chi connectivity index (χ1n) is 9.05. The molecule has 24 heavy (non-hydrogen) atoms. The first-order valence-corrected chi connectivity index (χ1v) is 9.43. The second-order valence-corrected chi connectivity index (χ2v) is 7.49. The van der Waals surface area contributed by atoms with Gasteiger partial charge in [0.1, 0.15) is 10.7 Å². The highest BCUT2D eigenvalue weighted by Gasteiger charge is 2.26.